The molecule has 0 saturated heterocycles. The molecule has 0 amide bonds. The second-order valence-electron chi connectivity index (χ2n) is 13.2. The fourth-order valence-corrected chi connectivity index (χ4v) is 7.06. The van der Waals surface area contributed by atoms with E-state index in [1.54, 1.807) is 24.8 Å². The van der Waals surface area contributed by atoms with Gasteiger partial charge in [-0.15, -0.1) is 0 Å². The van der Waals surface area contributed by atoms with Gasteiger partial charge in [-0.25, -0.2) is 0 Å². The first kappa shape index (κ1) is 32.7. The lowest BCUT2D eigenvalue weighted by molar-refractivity contribution is 0.477. The Labute approximate surface area is 321 Å². The number of aromatic nitrogens is 8. The van der Waals surface area contributed by atoms with Crippen LogP contribution in [0.4, 0.5) is 17.1 Å². The first-order valence-electron chi connectivity index (χ1n) is 18.0. The van der Waals surface area contributed by atoms with Crippen molar-refractivity contribution in [3.8, 4) is 78.8 Å². The van der Waals surface area contributed by atoms with E-state index in [2.05, 4.69) is 112 Å². The first-order valence-corrected chi connectivity index (χ1v) is 18.0. The van der Waals surface area contributed by atoms with Crippen LogP contribution in [0.1, 0.15) is 0 Å². The highest BCUT2D eigenvalue weighted by Crippen LogP contribution is 2.51. The molecule has 10 nitrogen and oxygen atoms in total. The second kappa shape index (κ2) is 14.1. The van der Waals surface area contributed by atoms with Gasteiger partial charge in [0.05, 0.1) is 34.2 Å². The molecule has 0 N–H and O–H groups in total. The molecule has 0 radical (unpaired) electrons. The van der Waals surface area contributed by atoms with Crippen LogP contribution in [-0.4, -0.2) is 40.8 Å². The van der Waals surface area contributed by atoms with Crippen molar-refractivity contribution < 1.29 is 4.74 Å². The summed E-state index contributed by atoms with van der Waals surface area (Å²) in [6.45, 7) is 0. The van der Waals surface area contributed by atoms with Crippen LogP contribution in [0, 0.1) is 0 Å². The quantitative estimate of drug-likeness (QED) is 0.157. The minimum absolute atomic E-state index is 0.747. The monoisotopic (exact) mass is 723 g/mol. The number of nitrogens with zero attached hydrogens (tertiary/aromatic N) is 9. The standard InChI is InChI=1S/C46H29N9O/c1-3-15-45-43(13-1)55(44-14-2-4-16-46(44)56-45)38-28-32(30-22-34(39-9-5-17-47-51-39)26-35(23-30)40-10-6-18-48-52-40)21-33(29-38)31-24-36(41-11-7-19-49-53-41)27-37(25-31)42-12-8-20-50-54-42/h1-29H. The SMILES string of the molecule is c1cnnc(-c2cc(-c3cc(-c4cc(-c5cccnn5)cc(-c5cccnn5)c4)cc(N4c5ccccc5Oc5ccccc54)c3)cc(-c3cccnn3)c2)c1. The zero-order valence-corrected chi connectivity index (χ0v) is 29.7. The molecule has 10 rings (SSSR count). The minimum atomic E-state index is 0.747. The van der Waals surface area contributed by atoms with Crippen LogP contribution in [0.5, 0.6) is 11.5 Å². The second-order valence-corrected chi connectivity index (χ2v) is 13.2. The number of benzene rings is 5. The average molecular weight is 724 g/mol. The summed E-state index contributed by atoms with van der Waals surface area (Å²) < 4.78 is 6.42. The van der Waals surface area contributed by atoms with Gasteiger partial charge in [0.2, 0.25) is 0 Å². The van der Waals surface area contributed by atoms with Crippen LogP contribution in [0.15, 0.2) is 176 Å². The highest BCUT2D eigenvalue weighted by Gasteiger charge is 2.26. The van der Waals surface area contributed by atoms with E-state index in [0.29, 0.717) is 0 Å². The summed E-state index contributed by atoms with van der Waals surface area (Å²) in [5, 5.41) is 34.6. The maximum atomic E-state index is 6.42. The Morgan fingerprint density at radius 2 is 0.643 bits per heavy atom. The predicted molar refractivity (Wildman–Crippen MR) is 216 cm³/mol. The summed E-state index contributed by atoms with van der Waals surface area (Å²) in [5.41, 5.74) is 13.3. The first-order chi connectivity index (χ1) is 27.7. The van der Waals surface area contributed by atoms with Crippen molar-refractivity contribution in [2.45, 2.75) is 0 Å². The van der Waals surface area contributed by atoms with Gasteiger partial charge in [-0.3, -0.25) is 0 Å². The molecule has 264 valence electrons. The normalized spacial score (nSPS) is 11.7. The third kappa shape index (κ3) is 6.26. The van der Waals surface area contributed by atoms with Crippen LogP contribution >= 0.6 is 0 Å². The molecule has 0 aliphatic carbocycles. The summed E-state index contributed by atoms with van der Waals surface area (Å²) in [4.78, 5) is 2.26. The smallest absolute Gasteiger partial charge is 0.151 e. The van der Waals surface area contributed by atoms with E-state index in [9.17, 15) is 0 Å². The van der Waals surface area contributed by atoms with E-state index in [1.807, 2.05) is 84.9 Å². The van der Waals surface area contributed by atoms with Gasteiger partial charge in [0.25, 0.3) is 0 Å². The van der Waals surface area contributed by atoms with E-state index in [0.717, 1.165) is 95.8 Å². The largest absolute Gasteiger partial charge is 0.453 e. The number of ether oxygens (including phenoxy) is 1. The number of hydrogen-bond acceptors (Lipinski definition) is 10. The Kier molecular flexibility index (Phi) is 8.23. The van der Waals surface area contributed by atoms with Gasteiger partial charge >= 0.3 is 0 Å². The van der Waals surface area contributed by atoms with Crippen LogP contribution in [0.25, 0.3) is 67.3 Å². The number of para-hydroxylation sites is 4. The molecule has 56 heavy (non-hydrogen) atoms. The van der Waals surface area contributed by atoms with E-state index in [1.165, 1.54) is 0 Å². The molecule has 0 bridgehead atoms. The summed E-state index contributed by atoms with van der Waals surface area (Å²) in [7, 11) is 0. The van der Waals surface area contributed by atoms with Crippen molar-refractivity contribution in [3.63, 3.8) is 0 Å². The molecular weight excluding hydrogens is 695 g/mol. The summed E-state index contributed by atoms with van der Waals surface area (Å²) >= 11 is 0. The van der Waals surface area contributed by atoms with Crippen molar-refractivity contribution in [1.82, 2.24) is 40.8 Å². The Balaban J connectivity index is 1.25. The molecule has 0 spiro atoms. The number of fused-ring (bicyclic) bond motifs is 2. The van der Waals surface area contributed by atoms with Crippen LogP contribution < -0.4 is 9.64 Å². The highest BCUT2D eigenvalue weighted by molar-refractivity contribution is 5.92. The molecule has 0 atom stereocenters. The van der Waals surface area contributed by atoms with Gasteiger partial charge in [-0.05, 0) is 150 Å². The van der Waals surface area contributed by atoms with Gasteiger partial charge in [0.15, 0.2) is 11.5 Å². The minimum Gasteiger partial charge on any atom is -0.453 e. The number of rotatable bonds is 7. The van der Waals surface area contributed by atoms with Gasteiger partial charge in [-0.2, -0.15) is 40.8 Å². The molecule has 0 fully saturated rings. The molecule has 0 saturated carbocycles. The number of anilines is 3. The molecule has 10 heteroatoms. The highest BCUT2D eigenvalue weighted by atomic mass is 16.5. The third-order valence-electron chi connectivity index (χ3n) is 9.61. The lowest BCUT2D eigenvalue weighted by Gasteiger charge is -2.33. The van der Waals surface area contributed by atoms with Crippen LogP contribution in [0.3, 0.4) is 0 Å². The molecule has 5 heterocycles. The number of hydrogen-bond donors (Lipinski definition) is 0. The lowest BCUT2D eigenvalue weighted by atomic mass is 9.91. The lowest BCUT2D eigenvalue weighted by Crippen LogP contribution is -2.15. The zero-order chi connectivity index (χ0) is 37.3. The zero-order valence-electron chi connectivity index (χ0n) is 29.7. The van der Waals surface area contributed by atoms with E-state index in [4.69, 9.17) is 4.74 Å². The molecule has 5 aromatic carbocycles. The molecule has 4 aromatic heterocycles. The molecule has 9 aromatic rings. The van der Waals surface area contributed by atoms with Crippen molar-refractivity contribution in [3.05, 3.63) is 176 Å². The molecule has 0 unspecified atom stereocenters. The Morgan fingerprint density at radius 3 is 1.00 bits per heavy atom. The van der Waals surface area contributed by atoms with Crippen molar-refractivity contribution in [2.24, 2.45) is 0 Å². The maximum Gasteiger partial charge on any atom is 0.151 e. The summed E-state index contributed by atoms with van der Waals surface area (Å²) in [6.07, 6.45) is 6.70. The molecule has 1 aliphatic rings. The third-order valence-corrected chi connectivity index (χ3v) is 9.61. The topological polar surface area (TPSA) is 116 Å². The Hall–Kier alpha value is -7.98. The van der Waals surface area contributed by atoms with Gasteiger partial charge < -0.3 is 9.64 Å². The van der Waals surface area contributed by atoms with Gasteiger partial charge in [0.1, 0.15) is 0 Å². The molecular formula is C46H29N9O. The Bertz CT molecular complexity index is 2540. The van der Waals surface area contributed by atoms with Crippen LogP contribution in [0.2, 0.25) is 0 Å². The van der Waals surface area contributed by atoms with E-state index >= 15 is 0 Å². The van der Waals surface area contributed by atoms with Crippen molar-refractivity contribution in [2.75, 3.05) is 4.90 Å². The maximum absolute atomic E-state index is 6.42. The van der Waals surface area contributed by atoms with Gasteiger partial charge in [-0.1, -0.05) is 24.3 Å². The van der Waals surface area contributed by atoms with Crippen LogP contribution in [-0.2, 0) is 0 Å². The van der Waals surface area contributed by atoms with Gasteiger partial charge in [0, 0.05) is 52.7 Å². The molecule has 1 aliphatic heterocycles. The summed E-state index contributed by atoms with van der Waals surface area (Å²) in [5.74, 6) is 1.53. The van der Waals surface area contributed by atoms with Crippen molar-refractivity contribution in [1.29, 1.82) is 0 Å². The fraction of sp³-hybridized carbons (Fsp3) is 0. The summed E-state index contributed by atoms with van der Waals surface area (Å²) in [6, 6.07) is 51.0. The Morgan fingerprint density at radius 1 is 0.321 bits per heavy atom. The fourth-order valence-electron chi connectivity index (χ4n) is 7.06. The predicted octanol–water partition coefficient (Wildman–Crippen LogP) is 10.4. The average Bonchev–Trinajstić information content (AvgIpc) is 3.29. The van der Waals surface area contributed by atoms with E-state index < -0.39 is 0 Å². The van der Waals surface area contributed by atoms with Crippen molar-refractivity contribution >= 4 is 17.1 Å². The van der Waals surface area contributed by atoms with E-state index in [-0.39, 0.29) is 0 Å².